The fourth-order valence-electron chi connectivity index (χ4n) is 0.911. The summed E-state index contributed by atoms with van der Waals surface area (Å²) in [4.78, 5) is -0.0237. The zero-order valence-corrected chi connectivity index (χ0v) is 9.22. The molecule has 0 heterocycles. The predicted molar refractivity (Wildman–Crippen MR) is 52.1 cm³/mol. The van der Waals surface area contributed by atoms with Crippen LogP contribution in [0.25, 0.3) is 0 Å². The van der Waals surface area contributed by atoms with Gasteiger partial charge in [0, 0.05) is 0 Å². The van der Waals surface area contributed by atoms with Gasteiger partial charge in [-0.3, -0.25) is 0 Å². The molecule has 0 aliphatic carbocycles. The van der Waals surface area contributed by atoms with E-state index in [1.165, 1.54) is 13.2 Å². The molecule has 1 aromatic rings. The Morgan fingerprint density at radius 1 is 1.46 bits per heavy atom. The van der Waals surface area contributed by atoms with Crippen LogP contribution in [0, 0.1) is 0 Å². The van der Waals surface area contributed by atoms with Crippen molar-refractivity contribution in [3.63, 3.8) is 0 Å². The van der Waals surface area contributed by atoms with Crippen LogP contribution < -0.4 is 9.88 Å². The number of benzene rings is 1. The highest BCUT2D eigenvalue weighted by Crippen LogP contribution is 2.30. The van der Waals surface area contributed by atoms with Gasteiger partial charge in [0.15, 0.2) is 5.75 Å². The largest absolute Gasteiger partial charge is 0.494 e. The molecule has 0 bridgehead atoms. The van der Waals surface area contributed by atoms with Crippen LogP contribution in [-0.4, -0.2) is 15.5 Å². The third-order valence-electron chi connectivity index (χ3n) is 1.44. The summed E-state index contributed by atoms with van der Waals surface area (Å²) in [6.45, 7) is 0. The zero-order valence-electron chi connectivity index (χ0n) is 6.82. The van der Waals surface area contributed by atoms with E-state index in [9.17, 15) is 8.42 Å². The number of ether oxygens (including phenoxy) is 1. The molecule has 72 valence electrons. The van der Waals surface area contributed by atoms with E-state index < -0.39 is 10.0 Å². The van der Waals surface area contributed by atoms with Crippen molar-refractivity contribution in [2.24, 2.45) is 5.14 Å². The molecule has 0 amide bonds. The molecule has 0 unspecified atom stereocenters. The third kappa shape index (κ3) is 2.20. The van der Waals surface area contributed by atoms with Crippen molar-refractivity contribution < 1.29 is 13.2 Å². The van der Waals surface area contributed by atoms with Crippen LogP contribution in [0.1, 0.15) is 0 Å². The van der Waals surface area contributed by atoms with E-state index in [1.807, 2.05) is 0 Å². The Hall–Kier alpha value is -0.590. The van der Waals surface area contributed by atoms with Crippen molar-refractivity contribution in [1.82, 2.24) is 0 Å². The number of para-hydroxylation sites is 1. The Bertz CT molecular complexity index is 416. The van der Waals surface area contributed by atoms with Gasteiger partial charge in [0.25, 0.3) is 0 Å². The fourth-order valence-corrected chi connectivity index (χ4v) is 2.29. The minimum absolute atomic E-state index is 0.0237. The number of sulfonamides is 1. The first-order valence-electron chi connectivity index (χ1n) is 3.32. The lowest BCUT2D eigenvalue weighted by Crippen LogP contribution is -2.13. The summed E-state index contributed by atoms with van der Waals surface area (Å²) in [5.74, 6) is 0.227. The average Bonchev–Trinajstić information content (AvgIpc) is 2.02. The molecule has 6 heteroatoms. The monoisotopic (exact) mass is 265 g/mol. The van der Waals surface area contributed by atoms with E-state index in [4.69, 9.17) is 9.88 Å². The summed E-state index contributed by atoms with van der Waals surface area (Å²) >= 11 is 3.15. The zero-order chi connectivity index (χ0) is 10.1. The normalized spacial score (nSPS) is 11.3. The molecule has 1 rings (SSSR count). The van der Waals surface area contributed by atoms with Crippen LogP contribution in [0.3, 0.4) is 0 Å². The highest BCUT2D eigenvalue weighted by atomic mass is 79.9. The number of hydrogen-bond donors (Lipinski definition) is 1. The van der Waals surface area contributed by atoms with Gasteiger partial charge in [-0.1, -0.05) is 6.07 Å². The number of primary sulfonamides is 1. The summed E-state index contributed by atoms with van der Waals surface area (Å²) in [6, 6.07) is 4.64. The fraction of sp³-hybridized carbons (Fsp3) is 0.143. The van der Waals surface area contributed by atoms with Gasteiger partial charge in [0.05, 0.1) is 11.6 Å². The SMILES string of the molecule is COc1c(Br)cccc1S(N)(=O)=O. The molecule has 2 N–H and O–H groups in total. The maximum Gasteiger partial charge on any atom is 0.241 e. The second kappa shape index (κ2) is 3.65. The molecule has 0 aromatic heterocycles. The standard InChI is InChI=1S/C7H8BrNO3S/c1-12-7-5(8)3-2-4-6(7)13(9,10)11/h2-4H,1H3,(H2,9,10,11). The molecule has 1 aromatic carbocycles. The van der Waals surface area contributed by atoms with E-state index in [1.54, 1.807) is 12.1 Å². The topological polar surface area (TPSA) is 69.4 Å². The summed E-state index contributed by atoms with van der Waals surface area (Å²) < 4.78 is 27.5. The Morgan fingerprint density at radius 2 is 2.08 bits per heavy atom. The van der Waals surface area contributed by atoms with Crippen molar-refractivity contribution in [1.29, 1.82) is 0 Å². The quantitative estimate of drug-likeness (QED) is 0.871. The molecule has 0 aliphatic rings. The van der Waals surface area contributed by atoms with E-state index in [2.05, 4.69) is 15.9 Å². The van der Waals surface area contributed by atoms with Crippen LogP contribution in [0.5, 0.6) is 5.75 Å². The minimum Gasteiger partial charge on any atom is -0.494 e. The van der Waals surface area contributed by atoms with Gasteiger partial charge in [-0.05, 0) is 28.1 Å². The van der Waals surface area contributed by atoms with Gasteiger partial charge in [-0.2, -0.15) is 0 Å². The van der Waals surface area contributed by atoms with Crippen LogP contribution in [-0.2, 0) is 10.0 Å². The minimum atomic E-state index is -3.72. The van der Waals surface area contributed by atoms with Crippen molar-refractivity contribution >= 4 is 26.0 Å². The second-order valence-corrected chi connectivity index (χ2v) is 4.70. The Morgan fingerprint density at radius 3 is 2.46 bits per heavy atom. The molecule has 0 aliphatic heterocycles. The number of nitrogens with two attached hydrogens (primary N) is 1. The molecule has 0 radical (unpaired) electrons. The van der Waals surface area contributed by atoms with Crippen molar-refractivity contribution in [2.75, 3.05) is 7.11 Å². The smallest absolute Gasteiger partial charge is 0.241 e. The molecule has 0 fully saturated rings. The maximum atomic E-state index is 11.0. The lowest BCUT2D eigenvalue weighted by molar-refractivity contribution is 0.400. The number of halogens is 1. The lowest BCUT2D eigenvalue weighted by Gasteiger charge is -2.07. The van der Waals surface area contributed by atoms with Gasteiger partial charge in [0.2, 0.25) is 10.0 Å². The third-order valence-corrected chi connectivity index (χ3v) is 3.00. The highest BCUT2D eigenvalue weighted by molar-refractivity contribution is 9.10. The van der Waals surface area contributed by atoms with E-state index in [0.29, 0.717) is 4.47 Å². The lowest BCUT2D eigenvalue weighted by atomic mass is 10.3. The first-order chi connectivity index (χ1) is 5.96. The van der Waals surface area contributed by atoms with Crippen LogP contribution in [0.4, 0.5) is 0 Å². The first-order valence-corrected chi connectivity index (χ1v) is 5.66. The van der Waals surface area contributed by atoms with E-state index in [-0.39, 0.29) is 10.6 Å². The molecule has 0 atom stereocenters. The van der Waals surface area contributed by atoms with Crippen LogP contribution in [0.2, 0.25) is 0 Å². The van der Waals surface area contributed by atoms with Crippen LogP contribution in [0.15, 0.2) is 27.6 Å². The summed E-state index contributed by atoms with van der Waals surface area (Å²) in [7, 11) is -2.34. The average molecular weight is 266 g/mol. The molecule has 0 spiro atoms. The van der Waals surface area contributed by atoms with E-state index >= 15 is 0 Å². The van der Waals surface area contributed by atoms with Crippen molar-refractivity contribution in [3.05, 3.63) is 22.7 Å². The Kier molecular flexibility index (Phi) is 2.94. The number of rotatable bonds is 2. The molecule has 0 saturated carbocycles. The summed E-state index contributed by atoms with van der Waals surface area (Å²) in [5, 5.41) is 4.97. The predicted octanol–water partition coefficient (Wildman–Crippen LogP) is 1.11. The summed E-state index contributed by atoms with van der Waals surface area (Å²) in [6.07, 6.45) is 0. The van der Waals surface area contributed by atoms with E-state index in [0.717, 1.165) is 0 Å². The van der Waals surface area contributed by atoms with Gasteiger partial charge in [-0.15, -0.1) is 0 Å². The van der Waals surface area contributed by atoms with Gasteiger partial charge < -0.3 is 4.74 Å². The van der Waals surface area contributed by atoms with Crippen molar-refractivity contribution in [3.8, 4) is 5.75 Å². The molecule has 0 saturated heterocycles. The second-order valence-electron chi connectivity index (χ2n) is 2.32. The maximum absolute atomic E-state index is 11.0. The first kappa shape index (κ1) is 10.5. The highest BCUT2D eigenvalue weighted by Gasteiger charge is 2.16. The van der Waals surface area contributed by atoms with Gasteiger partial charge in [-0.25, -0.2) is 13.6 Å². The Labute approximate surface area is 84.9 Å². The molecule has 13 heavy (non-hydrogen) atoms. The molecular formula is C7H8BrNO3S. The molecular weight excluding hydrogens is 258 g/mol. The number of hydrogen-bond acceptors (Lipinski definition) is 3. The number of methoxy groups -OCH3 is 1. The summed E-state index contributed by atoms with van der Waals surface area (Å²) in [5.41, 5.74) is 0. The molecule has 4 nitrogen and oxygen atoms in total. The van der Waals surface area contributed by atoms with Gasteiger partial charge >= 0.3 is 0 Å². The Balaban J connectivity index is 3.47. The van der Waals surface area contributed by atoms with Crippen LogP contribution >= 0.6 is 15.9 Å². The van der Waals surface area contributed by atoms with Crippen molar-refractivity contribution in [2.45, 2.75) is 4.90 Å². The van der Waals surface area contributed by atoms with Gasteiger partial charge in [0.1, 0.15) is 4.90 Å².